The molecule has 0 saturated heterocycles. The van der Waals surface area contributed by atoms with Crippen molar-refractivity contribution in [2.45, 2.75) is 13.0 Å². The van der Waals surface area contributed by atoms with Crippen LogP contribution in [0.5, 0.6) is 0 Å². The Balaban J connectivity index is 2.49. The molecule has 0 unspecified atom stereocenters. The van der Waals surface area contributed by atoms with Gasteiger partial charge in [0.05, 0.1) is 5.56 Å². The molecule has 0 fully saturated rings. The molecule has 0 atom stereocenters. The number of nitrogens with zero attached hydrogens (tertiary/aromatic N) is 2. The number of nitrogens with two attached hydrogens (primary N) is 1. The number of aliphatic hydroxyl groups excluding tert-OH is 1. The number of nitrogen functional groups attached to an aromatic ring is 1. The summed E-state index contributed by atoms with van der Waals surface area (Å²) in [5, 5.41) is 12.9. The van der Waals surface area contributed by atoms with Gasteiger partial charge in [0.1, 0.15) is 11.5 Å². The van der Waals surface area contributed by atoms with Gasteiger partial charge in [0.25, 0.3) is 0 Å². The van der Waals surface area contributed by atoms with Gasteiger partial charge in [-0.05, 0) is 24.6 Å². The molecule has 7 heteroatoms. The number of aromatic nitrogens is 2. The van der Waals surface area contributed by atoms with Gasteiger partial charge >= 0.3 is 0 Å². The van der Waals surface area contributed by atoms with Gasteiger partial charge in [-0.3, -0.25) is 4.79 Å². The van der Waals surface area contributed by atoms with E-state index in [0.717, 1.165) is 12.1 Å². The number of aldehydes is 1. The summed E-state index contributed by atoms with van der Waals surface area (Å²) in [6, 6.07) is 3.24. The van der Waals surface area contributed by atoms with Crippen molar-refractivity contribution in [2.24, 2.45) is 0 Å². The topological polar surface area (TPSA) is 81.1 Å². The van der Waals surface area contributed by atoms with Crippen LogP contribution in [0, 0.1) is 11.6 Å². The fourth-order valence-electron chi connectivity index (χ4n) is 1.85. The van der Waals surface area contributed by atoms with Gasteiger partial charge in [0, 0.05) is 18.7 Å². The third-order valence-electron chi connectivity index (χ3n) is 2.87. The molecule has 2 rings (SSSR count). The van der Waals surface area contributed by atoms with Crippen molar-refractivity contribution in [3.63, 3.8) is 0 Å². The highest BCUT2D eigenvalue weighted by Gasteiger charge is 2.17. The van der Waals surface area contributed by atoms with Crippen LogP contribution in [0.2, 0.25) is 0 Å². The van der Waals surface area contributed by atoms with E-state index >= 15 is 0 Å². The summed E-state index contributed by atoms with van der Waals surface area (Å²) in [6.07, 6.45) is 0.940. The maximum atomic E-state index is 13.2. The van der Waals surface area contributed by atoms with E-state index in [4.69, 9.17) is 10.8 Å². The minimum Gasteiger partial charge on any atom is -0.396 e. The highest BCUT2D eigenvalue weighted by molar-refractivity contribution is 5.91. The minimum absolute atomic E-state index is 0.0454. The van der Waals surface area contributed by atoms with Crippen molar-refractivity contribution in [3.8, 4) is 11.3 Å². The Morgan fingerprint density at radius 1 is 1.35 bits per heavy atom. The molecule has 0 aliphatic rings. The number of aliphatic hydroxyl groups is 1. The Morgan fingerprint density at radius 3 is 2.70 bits per heavy atom. The zero-order valence-corrected chi connectivity index (χ0v) is 10.5. The molecular formula is C13H13F2N3O2. The number of benzene rings is 1. The summed E-state index contributed by atoms with van der Waals surface area (Å²) in [6.45, 7) is 0.281. The van der Waals surface area contributed by atoms with E-state index in [0.29, 0.717) is 19.3 Å². The monoisotopic (exact) mass is 281 g/mol. The molecule has 0 amide bonds. The summed E-state index contributed by atoms with van der Waals surface area (Å²) < 4.78 is 27.5. The number of halogens is 2. The third kappa shape index (κ3) is 2.53. The summed E-state index contributed by atoms with van der Waals surface area (Å²) in [5.74, 6) is -1.87. The molecule has 0 aliphatic heterocycles. The zero-order chi connectivity index (χ0) is 14.7. The quantitative estimate of drug-likeness (QED) is 0.816. The van der Waals surface area contributed by atoms with Gasteiger partial charge in [0.15, 0.2) is 17.9 Å². The standard InChI is InChI=1S/C13H13F2N3O2/c14-10-3-2-8(6-11(10)15)12-9(7-20)13(16)18(17-12)4-1-5-19/h2-3,6-7,19H,1,4-5,16H2. The van der Waals surface area contributed by atoms with Gasteiger partial charge in [-0.1, -0.05) is 0 Å². The lowest BCUT2D eigenvalue weighted by Gasteiger charge is -2.01. The van der Waals surface area contributed by atoms with Gasteiger partial charge in [-0.15, -0.1) is 0 Å². The van der Waals surface area contributed by atoms with Crippen LogP contribution in [0.1, 0.15) is 16.8 Å². The number of hydrogen-bond acceptors (Lipinski definition) is 4. The molecule has 0 bridgehead atoms. The molecule has 0 spiro atoms. The predicted octanol–water partition coefficient (Wildman–Crippen LogP) is 1.61. The molecule has 3 N–H and O–H groups in total. The molecule has 0 aliphatic carbocycles. The van der Waals surface area contributed by atoms with Crippen LogP contribution < -0.4 is 5.73 Å². The van der Waals surface area contributed by atoms with E-state index in [1.165, 1.54) is 10.7 Å². The van der Waals surface area contributed by atoms with Crippen molar-refractivity contribution in [3.05, 3.63) is 35.4 Å². The molecular weight excluding hydrogens is 268 g/mol. The number of carbonyl (C=O) groups excluding carboxylic acids is 1. The van der Waals surface area contributed by atoms with E-state index in [-0.39, 0.29) is 29.2 Å². The molecule has 0 radical (unpaired) electrons. The highest BCUT2D eigenvalue weighted by atomic mass is 19.2. The van der Waals surface area contributed by atoms with Crippen LogP contribution in [-0.2, 0) is 6.54 Å². The second-order valence-corrected chi connectivity index (χ2v) is 4.19. The van der Waals surface area contributed by atoms with Crippen molar-refractivity contribution in [2.75, 3.05) is 12.3 Å². The highest BCUT2D eigenvalue weighted by Crippen LogP contribution is 2.27. The largest absolute Gasteiger partial charge is 0.396 e. The molecule has 20 heavy (non-hydrogen) atoms. The van der Waals surface area contributed by atoms with Crippen molar-refractivity contribution < 1.29 is 18.7 Å². The molecule has 1 aromatic heterocycles. The fraction of sp³-hybridized carbons (Fsp3) is 0.231. The second kappa shape index (κ2) is 5.79. The molecule has 2 aromatic rings. The second-order valence-electron chi connectivity index (χ2n) is 4.19. The van der Waals surface area contributed by atoms with Gasteiger partial charge in [0.2, 0.25) is 0 Å². The molecule has 5 nitrogen and oxygen atoms in total. The first kappa shape index (κ1) is 14.1. The van der Waals surface area contributed by atoms with Crippen molar-refractivity contribution in [1.29, 1.82) is 0 Å². The number of rotatable bonds is 5. The van der Waals surface area contributed by atoms with E-state index in [1.807, 2.05) is 0 Å². The normalized spacial score (nSPS) is 10.8. The van der Waals surface area contributed by atoms with E-state index in [9.17, 15) is 13.6 Å². The molecule has 106 valence electrons. The number of anilines is 1. The van der Waals surface area contributed by atoms with Crippen LogP contribution in [0.15, 0.2) is 18.2 Å². The summed E-state index contributed by atoms with van der Waals surface area (Å²) in [5.41, 5.74) is 6.35. The lowest BCUT2D eigenvalue weighted by atomic mass is 10.1. The van der Waals surface area contributed by atoms with Crippen LogP contribution in [0.25, 0.3) is 11.3 Å². The Kier molecular flexibility index (Phi) is 4.09. The third-order valence-corrected chi connectivity index (χ3v) is 2.87. The van der Waals surface area contributed by atoms with Crippen LogP contribution in [0.4, 0.5) is 14.6 Å². The predicted molar refractivity (Wildman–Crippen MR) is 69.1 cm³/mol. The summed E-state index contributed by atoms with van der Waals surface area (Å²) >= 11 is 0. The lowest BCUT2D eigenvalue weighted by molar-refractivity contribution is 0.112. The minimum atomic E-state index is -1.03. The maximum absolute atomic E-state index is 13.2. The van der Waals surface area contributed by atoms with Gasteiger partial charge < -0.3 is 10.8 Å². The fourth-order valence-corrected chi connectivity index (χ4v) is 1.85. The van der Waals surface area contributed by atoms with Crippen molar-refractivity contribution >= 4 is 12.1 Å². The Bertz CT molecular complexity index is 641. The lowest BCUT2D eigenvalue weighted by Crippen LogP contribution is -2.06. The smallest absolute Gasteiger partial charge is 0.159 e. The first-order valence-corrected chi connectivity index (χ1v) is 5.96. The number of carbonyl (C=O) groups is 1. The average Bonchev–Trinajstić information content (AvgIpc) is 2.76. The SMILES string of the molecule is Nc1c(C=O)c(-c2ccc(F)c(F)c2)nn1CCCO. The number of hydrogen-bond donors (Lipinski definition) is 2. The molecule has 0 saturated carbocycles. The first-order chi connectivity index (χ1) is 9.58. The maximum Gasteiger partial charge on any atom is 0.159 e. The van der Waals surface area contributed by atoms with E-state index in [1.54, 1.807) is 0 Å². The zero-order valence-electron chi connectivity index (χ0n) is 10.5. The first-order valence-electron chi connectivity index (χ1n) is 5.96. The summed E-state index contributed by atoms with van der Waals surface area (Å²) in [7, 11) is 0. The van der Waals surface area contributed by atoms with Crippen LogP contribution >= 0.6 is 0 Å². The summed E-state index contributed by atoms with van der Waals surface area (Å²) in [4.78, 5) is 11.1. The Morgan fingerprint density at radius 2 is 2.10 bits per heavy atom. The van der Waals surface area contributed by atoms with Gasteiger partial charge in [-0.2, -0.15) is 5.10 Å². The van der Waals surface area contributed by atoms with Gasteiger partial charge in [-0.25, -0.2) is 13.5 Å². The van der Waals surface area contributed by atoms with Crippen LogP contribution in [0.3, 0.4) is 0 Å². The van der Waals surface area contributed by atoms with E-state index in [2.05, 4.69) is 5.10 Å². The molecule has 1 heterocycles. The molecule has 1 aromatic carbocycles. The Labute approximate surface area is 113 Å². The van der Waals surface area contributed by atoms with Crippen LogP contribution in [-0.4, -0.2) is 27.8 Å². The van der Waals surface area contributed by atoms with Crippen molar-refractivity contribution in [1.82, 2.24) is 9.78 Å². The average molecular weight is 281 g/mol. The van der Waals surface area contributed by atoms with E-state index < -0.39 is 11.6 Å². The Hall–Kier alpha value is -2.28. The number of aryl methyl sites for hydroxylation is 1.